The zero-order valence-electron chi connectivity index (χ0n) is 3.04. The molecule has 0 radical (unpaired) electrons. The van der Waals surface area contributed by atoms with Gasteiger partial charge < -0.3 is 0 Å². The standard InChI is InChI=1S/C2HF4P/c3-1-7-2(4,5)6/h1H. The zero-order valence-corrected chi connectivity index (χ0v) is 3.93. The maximum atomic E-state index is 10.8. The van der Waals surface area contributed by atoms with Crippen LogP contribution >= 0.6 is 8.20 Å². The third-order valence-corrected chi connectivity index (χ3v) is 0.586. The first kappa shape index (κ1) is 6.89. The predicted molar refractivity (Wildman–Crippen MR) is 20.1 cm³/mol. The number of hydrogen-bond acceptors (Lipinski definition) is 0. The van der Waals surface area contributed by atoms with Crippen LogP contribution in [0.2, 0.25) is 0 Å². The number of rotatable bonds is 0. The molecule has 0 aliphatic rings. The van der Waals surface area contributed by atoms with Crippen molar-refractivity contribution in [1.82, 2.24) is 0 Å². The summed E-state index contributed by atoms with van der Waals surface area (Å²) in [5.74, 6) is -4.41. The molecule has 0 bridgehead atoms. The minimum Gasteiger partial charge on any atom is -0.210 e. The second-order valence-electron chi connectivity index (χ2n) is 0.695. The first-order chi connectivity index (χ1) is 3.06. The monoisotopic (exact) mass is 132 g/mol. The Bertz CT molecular complexity index is 72.2. The van der Waals surface area contributed by atoms with Crippen molar-refractivity contribution in [2.75, 3.05) is 0 Å². The summed E-state index contributed by atoms with van der Waals surface area (Å²) in [6.07, 6.45) is 0. The van der Waals surface area contributed by atoms with Crippen molar-refractivity contribution in [2.45, 2.75) is 5.92 Å². The summed E-state index contributed by atoms with van der Waals surface area (Å²) in [5, 5.41) is 0. The largest absolute Gasteiger partial charge is 0.433 e. The minimum atomic E-state index is -4.41. The van der Waals surface area contributed by atoms with E-state index in [2.05, 4.69) is 0 Å². The molecule has 0 rings (SSSR count). The van der Waals surface area contributed by atoms with Gasteiger partial charge in [0.15, 0.2) is 0 Å². The van der Waals surface area contributed by atoms with Gasteiger partial charge in [-0.2, -0.15) is 13.2 Å². The Morgan fingerprint density at radius 1 is 1.29 bits per heavy atom. The molecule has 0 spiro atoms. The summed E-state index contributed by atoms with van der Waals surface area (Å²) in [7, 11) is -1.24. The molecule has 0 saturated heterocycles. The van der Waals surface area contributed by atoms with E-state index in [0.717, 1.165) is 0 Å². The van der Waals surface area contributed by atoms with Gasteiger partial charge in [0.25, 0.3) is 0 Å². The molecule has 0 N–H and O–H groups in total. The van der Waals surface area contributed by atoms with Crippen molar-refractivity contribution in [1.29, 1.82) is 0 Å². The number of halogens is 4. The Kier molecular flexibility index (Phi) is 2.23. The van der Waals surface area contributed by atoms with Crippen molar-refractivity contribution in [3.05, 3.63) is 0 Å². The van der Waals surface area contributed by atoms with E-state index in [1.54, 1.807) is 0 Å². The van der Waals surface area contributed by atoms with Crippen molar-refractivity contribution in [2.24, 2.45) is 0 Å². The van der Waals surface area contributed by atoms with Crippen LogP contribution < -0.4 is 0 Å². The molecular formula is C2HF4P. The van der Waals surface area contributed by atoms with E-state index in [1.807, 2.05) is 0 Å². The lowest BCUT2D eigenvalue weighted by atomic mass is 11.6. The summed E-state index contributed by atoms with van der Waals surface area (Å²) in [6.45, 7) is 0. The summed E-state index contributed by atoms with van der Waals surface area (Å²) in [5.41, 5.74) is 0. The molecule has 0 heterocycles. The normalized spacial score (nSPS) is 13.1. The number of hydrogen-bond donors (Lipinski definition) is 0. The summed E-state index contributed by atoms with van der Waals surface area (Å²) >= 11 is 0. The second-order valence-corrected chi connectivity index (χ2v) is 1.65. The van der Waals surface area contributed by atoms with Crippen molar-refractivity contribution < 1.29 is 17.6 Å². The maximum Gasteiger partial charge on any atom is 0.433 e. The second kappa shape index (κ2) is 2.26. The highest BCUT2D eigenvalue weighted by Gasteiger charge is 2.22. The van der Waals surface area contributed by atoms with Gasteiger partial charge in [0.1, 0.15) is 6.05 Å². The van der Waals surface area contributed by atoms with Crippen LogP contribution in [0.15, 0.2) is 0 Å². The first-order valence-electron chi connectivity index (χ1n) is 1.27. The molecule has 0 aliphatic heterocycles. The molecule has 0 fully saturated rings. The maximum absolute atomic E-state index is 10.8. The van der Waals surface area contributed by atoms with E-state index in [1.165, 1.54) is 0 Å². The van der Waals surface area contributed by atoms with Gasteiger partial charge >= 0.3 is 5.92 Å². The lowest BCUT2D eigenvalue weighted by molar-refractivity contribution is -0.0349. The topological polar surface area (TPSA) is 0 Å². The molecule has 7 heavy (non-hydrogen) atoms. The third-order valence-electron chi connectivity index (χ3n) is 0.195. The van der Waals surface area contributed by atoms with E-state index in [-0.39, 0.29) is 0 Å². The average molecular weight is 132 g/mol. The molecule has 0 amide bonds. The molecule has 0 aliphatic carbocycles. The fraction of sp³-hybridized carbons (Fsp3) is 0.500. The van der Waals surface area contributed by atoms with Gasteiger partial charge in [-0.25, -0.2) is 4.39 Å². The molecule has 5 heteroatoms. The lowest BCUT2D eigenvalue weighted by Crippen LogP contribution is -1.91. The van der Waals surface area contributed by atoms with Crippen molar-refractivity contribution in [3.8, 4) is 0 Å². The molecule has 0 saturated carbocycles. The van der Waals surface area contributed by atoms with Crippen LogP contribution in [0, 0.1) is 0 Å². The fourth-order valence-electron chi connectivity index (χ4n) is 0.0553. The smallest absolute Gasteiger partial charge is 0.210 e. The van der Waals surface area contributed by atoms with E-state index in [4.69, 9.17) is 0 Å². The van der Waals surface area contributed by atoms with Gasteiger partial charge in [-0.3, -0.25) is 0 Å². The Morgan fingerprint density at radius 3 is 1.71 bits per heavy atom. The molecule has 0 unspecified atom stereocenters. The minimum absolute atomic E-state index is 0.444. The van der Waals surface area contributed by atoms with E-state index in [9.17, 15) is 17.6 Å². The quantitative estimate of drug-likeness (QED) is 0.350. The highest BCUT2D eigenvalue weighted by atomic mass is 31.1. The summed E-state index contributed by atoms with van der Waals surface area (Å²) in [4.78, 5) is 0. The fourth-order valence-corrected chi connectivity index (χ4v) is 0.166. The van der Waals surface area contributed by atoms with Gasteiger partial charge in [-0.05, 0) is 0 Å². The van der Waals surface area contributed by atoms with Crippen LogP contribution in [0.4, 0.5) is 17.6 Å². The Labute approximate surface area is 38.9 Å². The van der Waals surface area contributed by atoms with Crippen LogP contribution in [-0.2, 0) is 0 Å². The van der Waals surface area contributed by atoms with Crippen LogP contribution in [0.1, 0.15) is 0 Å². The molecule has 0 aromatic heterocycles. The Morgan fingerprint density at radius 2 is 1.71 bits per heavy atom. The van der Waals surface area contributed by atoms with Crippen LogP contribution in [-0.4, -0.2) is 12.0 Å². The van der Waals surface area contributed by atoms with E-state index >= 15 is 0 Å². The van der Waals surface area contributed by atoms with Crippen LogP contribution in [0.25, 0.3) is 0 Å². The number of alkyl halides is 3. The lowest BCUT2D eigenvalue weighted by Gasteiger charge is -1.91. The highest BCUT2D eigenvalue weighted by Crippen LogP contribution is 2.28. The molecule has 0 atom stereocenters. The predicted octanol–water partition coefficient (Wildman–Crippen LogP) is 2.18. The van der Waals surface area contributed by atoms with E-state index in [0.29, 0.717) is 0 Å². The molecule has 0 aromatic rings. The molecule has 42 valence electrons. The SMILES string of the molecule is FC=PC(F)(F)F. The van der Waals surface area contributed by atoms with Gasteiger partial charge in [0, 0.05) is 8.20 Å². The molecule has 0 aromatic carbocycles. The summed E-state index contributed by atoms with van der Waals surface area (Å²) in [6, 6.07) is -0.444. The Balaban J connectivity index is 3.56. The van der Waals surface area contributed by atoms with Crippen molar-refractivity contribution in [3.63, 3.8) is 0 Å². The van der Waals surface area contributed by atoms with Gasteiger partial charge in [-0.15, -0.1) is 0 Å². The first-order valence-corrected chi connectivity index (χ1v) is 2.23. The third kappa shape index (κ3) is 5.89. The highest BCUT2D eigenvalue weighted by molar-refractivity contribution is 7.39. The van der Waals surface area contributed by atoms with Gasteiger partial charge in [0.05, 0.1) is 0 Å². The van der Waals surface area contributed by atoms with Gasteiger partial charge in [0.2, 0.25) is 0 Å². The average Bonchev–Trinajstić information content (AvgIpc) is 1.30. The summed E-state index contributed by atoms with van der Waals surface area (Å²) < 4.78 is 42.9. The van der Waals surface area contributed by atoms with Crippen LogP contribution in [0.5, 0.6) is 0 Å². The molecular weight excluding hydrogens is 131 g/mol. The van der Waals surface area contributed by atoms with Gasteiger partial charge in [-0.1, -0.05) is 0 Å². The van der Waals surface area contributed by atoms with E-state index < -0.39 is 20.2 Å². The molecule has 0 nitrogen and oxygen atoms in total. The van der Waals surface area contributed by atoms with Crippen molar-refractivity contribution >= 4 is 14.3 Å². The Hall–Kier alpha value is -0.110. The van der Waals surface area contributed by atoms with Crippen LogP contribution in [0.3, 0.4) is 0 Å². The zero-order chi connectivity index (χ0) is 5.91.